The monoisotopic (exact) mass is 290 g/mol. The molecule has 19 heavy (non-hydrogen) atoms. The van der Waals surface area contributed by atoms with E-state index in [0.29, 0.717) is 0 Å². The van der Waals surface area contributed by atoms with Gasteiger partial charge in [-0.1, -0.05) is 54.0 Å². The lowest BCUT2D eigenvalue weighted by atomic mass is 10.1. The molecule has 2 unspecified atom stereocenters. The van der Waals surface area contributed by atoms with Gasteiger partial charge in [0.15, 0.2) is 0 Å². The first kappa shape index (κ1) is 12.8. The van der Waals surface area contributed by atoms with Gasteiger partial charge in [-0.2, -0.15) is 0 Å². The molecule has 6 atom stereocenters. The highest BCUT2D eigenvalue weighted by Gasteiger charge is 2.45. The van der Waals surface area contributed by atoms with Gasteiger partial charge in [0.1, 0.15) is 0 Å². The Morgan fingerprint density at radius 3 is 1.74 bits per heavy atom. The van der Waals surface area contributed by atoms with Crippen molar-refractivity contribution in [3.8, 4) is 0 Å². The predicted octanol–water partition coefficient (Wildman–Crippen LogP) is 4.41. The van der Waals surface area contributed by atoms with Crippen molar-refractivity contribution in [2.45, 2.75) is 68.6 Å². The minimum atomic E-state index is 0.149. The van der Waals surface area contributed by atoms with Crippen LogP contribution in [0.4, 0.5) is 0 Å². The second kappa shape index (κ2) is 4.82. The summed E-state index contributed by atoms with van der Waals surface area (Å²) in [7, 11) is 0.298. The molecule has 3 aliphatic heterocycles. The summed E-state index contributed by atoms with van der Waals surface area (Å²) in [4.78, 5) is 0. The summed E-state index contributed by atoms with van der Waals surface area (Å²) in [5.74, 6) is 0. The molecule has 0 spiro atoms. The first-order valence-corrected chi connectivity index (χ1v) is 10.9. The fraction of sp³-hybridized carbons (Fsp3) is 0.647. The highest BCUT2D eigenvalue weighted by atomic mass is 31.1. The van der Waals surface area contributed by atoms with E-state index in [0.717, 1.165) is 22.6 Å². The van der Waals surface area contributed by atoms with Gasteiger partial charge in [0.2, 0.25) is 0 Å². The minimum Gasteiger partial charge on any atom is -0.0685 e. The standard InChI is InChI=1S/C17H24P2/c1-12-7-9-14-11-15-10-8-13(2)19(15)17-6-4-3-5-16(17)18(12)14/h3-6,12-15H,7-11H2,1-2H3/t12-,13-,14+,15+,18?,19?/m0/s1. The van der Waals surface area contributed by atoms with Gasteiger partial charge >= 0.3 is 0 Å². The Bertz CT molecular complexity index is 441. The van der Waals surface area contributed by atoms with Crippen molar-refractivity contribution in [1.82, 2.24) is 0 Å². The molecule has 0 N–H and O–H groups in total. The molecule has 0 radical (unpaired) electrons. The second-order valence-corrected chi connectivity index (χ2v) is 12.5. The maximum Gasteiger partial charge on any atom is -0.0158 e. The quantitative estimate of drug-likeness (QED) is 0.621. The van der Waals surface area contributed by atoms with Crippen LogP contribution in [0.1, 0.15) is 46.0 Å². The van der Waals surface area contributed by atoms with Crippen LogP contribution in [-0.2, 0) is 0 Å². The average Bonchev–Trinajstić information content (AvgIpc) is 2.90. The van der Waals surface area contributed by atoms with Crippen LogP contribution in [0, 0.1) is 0 Å². The van der Waals surface area contributed by atoms with Gasteiger partial charge in [0.25, 0.3) is 0 Å². The lowest BCUT2D eigenvalue weighted by molar-refractivity contribution is 0.643. The zero-order chi connectivity index (χ0) is 13.0. The van der Waals surface area contributed by atoms with Crippen molar-refractivity contribution < 1.29 is 0 Å². The normalized spacial score (nSPS) is 44.3. The molecule has 3 aliphatic rings. The Labute approximate surface area is 119 Å². The number of hydrogen-bond acceptors (Lipinski definition) is 0. The van der Waals surface area contributed by atoms with Gasteiger partial charge in [-0.05, 0) is 65.3 Å². The Hall–Kier alpha value is 0.0800. The minimum absolute atomic E-state index is 0.149. The fourth-order valence-electron chi connectivity index (χ4n) is 4.69. The van der Waals surface area contributed by atoms with Gasteiger partial charge < -0.3 is 0 Å². The van der Waals surface area contributed by atoms with Crippen molar-refractivity contribution in [2.24, 2.45) is 0 Å². The zero-order valence-corrected chi connectivity index (χ0v) is 13.8. The summed E-state index contributed by atoms with van der Waals surface area (Å²) in [5.41, 5.74) is 4.08. The smallest absolute Gasteiger partial charge is 0.0158 e. The summed E-state index contributed by atoms with van der Waals surface area (Å²) in [6.45, 7) is 5.06. The third kappa shape index (κ3) is 1.94. The van der Waals surface area contributed by atoms with Crippen LogP contribution in [0.25, 0.3) is 0 Å². The van der Waals surface area contributed by atoms with Crippen molar-refractivity contribution >= 4 is 26.5 Å². The summed E-state index contributed by atoms with van der Waals surface area (Å²) in [6, 6.07) is 9.62. The van der Waals surface area contributed by atoms with Crippen molar-refractivity contribution in [3.63, 3.8) is 0 Å². The van der Waals surface area contributed by atoms with Crippen LogP contribution in [-0.4, -0.2) is 22.6 Å². The molecular weight excluding hydrogens is 266 g/mol. The molecule has 0 nitrogen and oxygen atoms in total. The van der Waals surface area contributed by atoms with E-state index in [4.69, 9.17) is 0 Å². The Morgan fingerprint density at radius 1 is 0.789 bits per heavy atom. The van der Waals surface area contributed by atoms with Gasteiger partial charge in [0, 0.05) is 0 Å². The lowest BCUT2D eigenvalue weighted by Gasteiger charge is -2.25. The van der Waals surface area contributed by atoms with E-state index in [1.165, 1.54) is 25.7 Å². The van der Waals surface area contributed by atoms with Crippen LogP contribution in [0.5, 0.6) is 0 Å². The summed E-state index contributed by atoms with van der Waals surface area (Å²) >= 11 is 0. The molecule has 0 aromatic heterocycles. The molecule has 2 fully saturated rings. The zero-order valence-electron chi connectivity index (χ0n) is 12.0. The Morgan fingerprint density at radius 2 is 1.26 bits per heavy atom. The highest BCUT2D eigenvalue weighted by Crippen LogP contribution is 2.65. The maximum atomic E-state index is 2.53. The molecule has 2 saturated heterocycles. The number of benzene rings is 1. The average molecular weight is 290 g/mol. The second-order valence-electron chi connectivity index (χ2n) is 6.70. The summed E-state index contributed by atoms with van der Waals surface area (Å²) < 4.78 is 0. The van der Waals surface area contributed by atoms with E-state index >= 15 is 0 Å². The molecule has 3 heterocycles. The number of rotatable bonds is 0. The van der Waals surface area contributed by atoms with Crippen LogP contribution >= 0.6 is 15.8 Å². The SMILES string of the molecule is C[C@H]1CC[C@@H]2C[C@H]3CC[C@H](C)P3c3ccccc3P21. The first-order valence-electron chi connectivity index (χ1n) is 7.91. The molecule has 1 aromatic carbocycles. The van der Waals surface area contributed by atoms with Gasteiger partial charge in [-0.25, -0.2) is 0 Å². The van der Waals surface area contributed by atoms with E-state index in [1.54, 1.807) is 6.42 Å². The van der Waals surface area contributed by atoms with Crippen molar-refractivity contribution in [3.05, 3.63) is 24.3 Å². The largest absolute Gasteiger partial charge is 0.0685 e. The number of fused-ring (bicyclic) bond motifs is 5. The van der Waals surface area contributed by atoms with E-state index in [1.807, 2.05) is 10.6 Å². The number of hydrogen-bond donors (Lipinski definition) is 0. The third-order valence-corrected chi connectivity index (χ3v) is 12.6. The van der Waals surface area contributed by atoms with E-state index in [2.05, 4.69) is 38.1 Å². The third-order valence-electron chi connectivity index (χ3n) is 5.55. The molecule has 0 saturated carbocycles. The van der Waals surface area contributed by atoms with Crippen molar-refractivity contribution in [1.29, 1.82) is 0 Å². The summed E-state index contributed by atoms with van der Waals surface area (Å²) in [5, 5.41) is 3.66. The lowest BCUT2D eigenvalue weighted by Crippen LogP contribution is -2.25. The molecule has 2 heteroatoms. The van der Waals surface area contributed by atoms with E-state index < -0.39 is 0 Å². The predicted molar refractivity (Wildman–Crippen MR) is 89.1 cm³/mol. The molecule has 1 aromatic rings. The molecule has 0 amide bonds. The van der Waals surface area contributed by atoms with Crippen molar-refractivity contribution in [2.75, 3.05) is 0 Å². The van der Waals surface area contributed by atoms with Crippen LogP contribution < -0.4 is 10.6 Å². The highest BCUT2D eigenvalue weighted by molar-refractivity contribution is 7.74. The van der Waals surface area contributed by atoms with E-state index in [-0.39, 0.29) is 15.8 Å². The Balaban J connectivity index is 1.86. The topological polar surface area (TPSA) is 0 Å². The maximum absolute atomic E-state index is 2.53. The molecule has 4 rings (SSSR count). The first-order chi connectivity index (χ1) is 9.25. The van der Waals surface area contributed by atoms with Gasteiger partial charge in [-0.15, -0.1) is 0 Å². The fourth-order valence-corrected chi connectivity index (χ4v) is 12.6. The van der Waals surface area contributed by atoms with Gasteiger partial charge in [0.05, 0.1) is 0 Å². The van der Waals surface area contributed by atoms with E-state index in [9.17, 15) is 0 Å². The van der Waals surface area contributed by atoms with Crippen LogP contribution in [0.15, 0.2) is 24.3 Å². The Kier molecular flexibility index (Phi) is 3.25. The van der Waals surface area contributed by atoms with Crippen LogP contribution in [0.2, 0.25) is 0 Å². The molecule has 0 aliphatic carbocycles. The molecule has 102 valence electrons. The molecular formula is C17H24P2. The summed E-state index contributed by atoms with van der Waals surface area (Å²) in [6.07, 6.45) is 7.60. The molecule has 0 bridgehead atoms. The van der Waals surface area contributed by atoms with Crippen LogP contribution in [0.3, 0.4) is 0 Å². The van der Waals surface area contributed by atoms with Gasteiger partial charge in [-0.3, -0.25) is 0 Å².